The largest absolute Gasteiger partial charge is 0.353 e. The van der Waals surface area contributed by atoms with Crippen molar-refractivity contribution in [3.05, 3.63) is 0 Å². The molecule has 1 amide bonds. The Balaban J connectivity index is 2.28. The van der Waals surface area contributed by atoms with Gasteiger partial charge in [0.15, 0.2) is 0 Å². The van der Waals surface area contributed by atoms with Crippen molar-refractivity contribution in [1.29, 1.82) is 0 Å². The molecule has 94 valence electrons. The van der Waals surface area contributed by atoms with Gasteiger partial charge < -0.3 is 11.1 Å². The van der Waals surface area contributed by atoms with Gasteiger partial charge in [-0.15, -0.1) is 0 Å². The highest BCUT2D eigenvalue weighted by Crippen LogP contribution is 2.23. The maximum atomic E-state index is 11.7. The molecular weight excluding hydrogens is 200 g/mol. The summed E-state index contributed by atoms with van der Waals surface area (Å²) >= 11 is 0. The van der Waals surface area contributed by atoms with E-state index in [1.54, 1.807) is 0 Å². The molecule has 0 saturated heterocycles. The Morgan fingerprint density at radius 2 is 2.12 bits per heavy atom. The summed E-state index contributed by atoms with van der Waals surface area (Å²) in [5.74, 6) is 1.24. The summed E-state index contributed by atoms with van der Waals surface area (Å²) in [5, 5.41) is 3.12. The molecule has 1 fully saturated rings. The second-order valence-corrected chi connectivity index (χ2v) is 5.65. The van der Waals surface area contributed by atoms with Crippen molar-refractivity contribution >= 4 is 5.91 Å². The van der Waals surface area contributed by atoms with E-state index in [1.165, 1.54) is 12.8 Å². The fourth-order valence-electron chi connectivity index (χ4n) is 2.30. The van der Waals surface area contributed by atoms with Crippen LogP contribution in [-0.2, 0) is 4.79 Å². The van der Waals surface area contributed by atoms with Gasteiger partial charge in [0, 0.05) is 18.5 Å². The van der Waals surface area contributed by atoms with Crippen molar-refractivity contribution in [2.45, 2.75) is 65.0 Å². The number of nitrogens with two attached hydrogens (primary N) is 1. The van der Waals surface area contributed by atoms with E-state index in [1.807, 2.05) is 0 Å². The van der Waals surface area contributed by atoms with E-state index in [0.717, 1.165) is 18.8 Å². The van der Waals surface area contributed by atoms with Crippen LogP contribution >= 0.6 is 0 Å². The van der Waals surface area contributed by atoms with E-state index < -0.39 is 0 Å². The molecule has 3 atom stereocenters. The van der Waals surface area contributed by atoms with Gasteiger partial charge in [0.05, 0.1) is 0 Å². The zero-order chi connectivity index (χ0) is 12.1. The van der Waals surface area contributed by atoms with E-state index in [2.05, 4.69) is 26.1 Å². The third kappa shape index (κ3) is 4.52. The van der Waals surface area contributed by atoms with E-state index in [0.29, 0.717) is 18.4 Å². The number of hydrogen-bond donors (Lipinski definition) is 2. The minimum absolute atomic E-state index is 0.0129. The topological polar surface area (TPSA) is 55.1 Å². The molecule has 0 heterocycles. The molecule has 0 aromatic rings. The Morgan fingerprint density at radius 1 is 1.44 bits per heavy atom. The van der Waals surface area contributed by atoms with E-state index in [9.17, 15) is 4.79 Å². The average molecular weight is 226 g/mol. The van der Waals surface area contributed by atoms with Crippen LogP contribution in [0, 0.1) is 11.8 Å². The lowest BCUT2D eigenvalue weighted by atomic mass is 9.87. The third-order valence-electron chi connectivity index (χ3n) is 3.58. The molecule has 0 aromatic heterocycles. The van der Waals surface area contributed by atoms with Crippen LogP contribution in [0.15, 0.2) is 0 Å². The van der Waals surface area contributed by atoms with Crippen LogP contribution in [0.3, 0.4) is 0 Å². The van der Waals surface area contributed by atoms with Crippen molar-refractivity contribution in [2.75, 3.05) is 0 Å². The zero-order valence-electron chi connectivity index (χ0n) is 10.8. The summed E-state index contributed by atoms with van der Waals surface area (Å²) in [6, 6.07) is 0.372. The molecule has 1 aliphatic rings. The van der Waals surface area contributed by atoms with Crippen LogP contribution in [0.4, 0.5) is 0 Å². The van der Waals surface area contributed by atoms with Crippen molar-refractivity contribution < 1.29 is 4.79 Å². The van der Waals surface area contributed by atoms with Gasteiger partial charge in [0.25, 0.3) is 0 Å². The fourth-order valence-corrected chi connectivity index (χ4v) is 2.30. The molecule has 3 unspecified atom stereocenters. The van der Waals surface area contributed by atoms with Gasteiger partial charge in [-0.1, -0.05) is 33.6 Å². The van der Waals surface area contributed by atoms with Crippen molar-refractivity contribution in [3.8, 4) is 0 Å². The van der Waals surface area contributed by atoms with E-state index in [4.69, 9.17) is 5.73 Å². The number of carbonyl (C=O) groups is 1. The van der Waals surface area contributed by atoms with E-state index in [-0.39, 0.29) is 11.9 Å². The summed E-state index contributed by atoms with van der Waals surface area (Å²) in [4.78, 5) is 11.7. The Bertz CT molecular complexity index is 228. The lowest BCUT2D eigenvalue weighted by Crippen LogP contribution is -2.41. The van der Waals surface area contributed by atoms with Crippen molar-refractivity contribution in [2.24, 2.45) is 17.6 Å². The zero-order valence-corrected chi connectivity index (χ0v) is 10.8. The molecule has 1 saturated carbocycles. The first-order valence-corrected chi connectivity index (χ1v) is 6.54. The molecule has 0 aliphatic heterocycles. The highest BCUT2D eigenvalue weighted by molar-refractivity contribution is 5.76. The van der Waals surface area contributed by atoms with Crippen LogP contribution in [0.1, 0.15) is 52.9 Å². The van der Waals surface area contributed by atoms with Gasteiger partial charge in [-0.05, 0) is 24.7 Å². The number of hydrogen-bond acceptors (Lipinski definition) is 2. The Morgan fingerprint density at radius 3 is 2.69 bits per heavy atom. The standard InChI is InChI=1S/C13H26N2O/c1-9(2)12(14)8-13(16)15-11-6-4-5-10(3)7-11/h9-12H,4-8,14H2,1-3H3,(H,15,16). The molecule has 0 bridgehead atoms. The molecule has 0 spiro atoms. The highest BCUT2D eigenvalue weighted by Gasteiger charge is 2.21. The number of rotatable bonds is 4. The van der Waals surface area contributed by atoms with Crippen LogP contribution in [0.2, 0.25) is 0 Å². The molecule has 3 N–H and O–H groups in total. The van der Waals surface area contributed by atoms with Gasteiger partial charge in [-0.2, -0.15) is 0 Å². The highest BCUT2D eigenvalue weighted by atomic mass is 16.1. The third-order valence-corrected chi connectivity index (χ3v) is 3.58. The summed E-state index contributed by atoms with van der Waals surface area (Å²) in [7, 11) is 0. The monoisotopic (exact) mass is 226 g/mol. The van der Waals surface area contributed by atoms with Gasteiger partial charge >= 0.3 is 0 Å². The molecule has 0 radical (unpaired) electrons. The molecule has 3 heteroatoms. The van der Waals surface area contributed by atoms with Gasteiger partial charge in [0.2, 0.25) is 5.91 Å². The first-order chi connectivity index (χ1) is 7.49. The number of amides is 1. The maximum absolute atomic E-state index is 11.7. The molecule has 16 heavy (non-hydrogen) atoms. The molecular formula is C13H26N2O. The minimum atomic E-state index is -0.0129. The van der Waals surface area contributed by atoms with Crippen LogP contribution in [0.5, 0.6) is 0 Å². The second-order valence-electron chi connectivity index (χ2n) is 5.65. The smallest absolute Gasteiger partial charge is 0.221 e. The van der Waals surface area contributed by atoms with Gasteiger partial charge in [0.1, 0.15) is 0 Å². The van der Waals surface area contributed by atoms with Crippen molar-refractivity contribution in [1.82, 2.24) is 5.32 Å². The summed E-state index contributed by atoms with van der Waals surface area (Å²) in [6.45, 7) is 6.37. The summed E-state index contributed by atoms with van der Waals surface area (Å²) in [5.41, 5.74) is 5.89. The van der Waals surface area contributed by atoms with Crippen LogP contribution < -0.4 is 11.1 Å². The molecule has 1 rings (SSSR count). The predicted octanol–water partition coefficient (Wildman–Crippen LogP) is 2.05. The molecule has 1 aliphatic carbocycles. The SMILES string of the molecule is CC1CCCC(NC(=O)CC(N)C(C)C)C1. The quantitative estimate of drug-likeness (QED) is 0.771. The lowest BCUT2D eigenvalue weighted by Gasteiger charge is -2.28. The van der Waals surface area contributed by atoms with Crippen molar-refractivity contribution in [3.63, 3.8) is 0 Å². The Labute approximate surface area is 99.2 Å². The normalized spacial score (nSPS) is 27.8. The molecule has 0 aromatic carbocycles. The fraction of sp³-hybridized carbons (Fsp3) is 0.923. The first-order valence-electron chi connectivity index (χ1n) is 6.54. The molecule has 3 nitrogen and oxygen atoms in total. The number of nitrogens with one attached hydrogen (secondary N) is 1. The predicted molar refractivity (Wildman–Crippen MR) is 67.0 cm³/mol. The Hall–Kier alpha value is -0.570. The van der Waals surface area contributed by atoms with E-state index >= 15 is 0 Å². The van der Waals surface area contributed by atoms with Crippen LogP contribution in [0.25, 0.3) is 0 Å². The summed E-state index contributed by atoms with van der Waals surface area (Å²) < 4.78 is 0. The lowest BCUT2D eigenvalue weighted by molar-refractivity contribution is -0.122. The first kappa shape index (κ1) is 13.5. The second kappa shape index (κ2) is 6.24. The maximum Gasteiger partial charge on any atom is 0.221 e. The van der Waals surface area contributed by atoms with Gasteiger partial charge in [-0.25, -0.2) is 0 Å². The summed E-state index contributed by atoms with van der Waals surface area (Å²) in [6.07, 6.45) is 5.26. The Kier molecular flexibility index (Phi) is 5.26. The minimum Gasteiger partial charge on any atom is -0.353 e. The number of carbonyl (C=O) groups excluding carboxylic acids is 1. The van der Waals surface area contributed by atoms with Gasteiger partial charge in [-0.3, -0.25) is 4.79 Å². The average Bonchev–Trinajstić information content (AvgIpc) is 2.16. The van der Waals surface area contributed by atoms with Crippen LogP contribution in [-0.4, -0.2) is 18.0 Å².